The normalized spacial score (nSPS) is 11.2. The van der Waals surface area contributed by atoms with Crippen molar-refractivity contribution >= 4 is 29.0 Å². The van der Waals surface area contributed by atoms with Crippen molar-refractivity contribution in [2.75, 3.05) is 18.6 Å². The van der Waals surface area contributed by atoms with Gasteiger partial charge in [0.2, 0.25) is 0 Å². The molecule has 0 spiro atoms. The molecule has 132 valence electrons. The van der Waals surface area contributed by atoms with Crippen LogP contribution in [-0.4, -0.2) is 19.6 Å². The molecule has 0 aliphatic rings. The molecule has 4 heteroatoms. The quantitative estimate of drug-likeness (QED) is 0.578. The molecule has 26 heavy (non-hydrogen) atoms. The summed E-state index contributed by atoms with van der Waals surface area (Å²) in [5.74, 6) is 0.778. The highest BCUT2D eigenvalue weighted by Crippen LogP contribution is 2.24. The fourth-order valence-electron chi connectivity index (χ4n) is 2.70. The maximum Gasteiger partial charge on any atom is 0.268 e. The number of benzene rings is 2. The molecule has 0 bridgehead atoms. The summed E-state index contributed by atoms with van der Waals surface area (Å²) < 4.78 is 5.23. The van der Waals surface area contributed by atoms with Crippen molar-refractivity contribution in [3.8, 4) is 5.75 Å². The van der Waals surface area contributed by atoms with Gasteiger partial charge in [0.25, 0.3) is 5.91 Å². The maximum absolute atomic E-state index is 13.0. The lowest BCUT2D eigenvalue weighted by Crippen LogP contribution is -2.31. The first kappa shape index (κ1) is 18.0. The van der Waals surface area contributed by atoms with Crippen molar-refractivity contribution in [3.05, 3.63) is 88.1 Å². The van der Waals surface area contributed by atoms with E-state index < -0.39 is 0 Å². The molecule has 0 radical (unpaired) electrons. The van der Waals surface area contributed by atoms with Crippen molar-refractivity contribution in [1.29, 1.82) is 0 Å². The minimum atomic E-state index is 0.00554. The Morgan fingerprint density at radius 2 is 1.77 bits per heavy atom. The van der Waals surface area contributed by atoms with Gasteiger partial charge in [0.05, 0.1) is 12.0 Å². The van der Waals surface area contributed by atoms with Crippen LogP contribution < -0.4 is 9.64 Å². The first-order chi connectivity index (χ1) is 12.7. The van der Waals surface area contributed by atoms with Gasteiger partial charge in [-0.2, -0.15) is 0 Å². The average molecular weight is 363 g/mol. The van der Waals surface area contributed by atoms with E-state index in [1.807, 2.05) is 66.9 Å². The molecule has 3 aromatic rings. The molecule has 0 saturated heterocycles. The number of carbonyl (C=O) groups excluding carboxylic acids is 1. The van der Waals surface area contributed by atoms with Crippen LogP contribution in [0.25, 0.3) is 6.08 Å². The summed E-state index contributed by atoms with van der Waals surface area (Å²) in [5, 5.41) is 1.92. The Bertz CT molecular complexity index is 868. The van der Waals surface area contributed by atoms with Crippen LogP contribution in [0, 0.1) is 0 Å². The van der Waals surface area contributed by atoms with E-state index >= 15 is 0 Å². The molecule has 1 amide bonds. The van der Waals surface area contributed by atoms with Gasteiger partial charge in [-0.25, -0.2) is 0 Å². The van der Waals surface area contributed by atoms with E-state index in [-0.39, 0.29) is 5.91 Å². The zero-order valence-corrected chi connectivity index (χ0v) is 15.7. The topological polar surface area (TPSA) is 29.5 Å². The number of hydrogen-bond acceptors (Lipinski definition) is 3. The Hall–Kier alpha value is -2.85. The van der Waals surface area contributed by atoms with Crippen LogP contribution in [-0.2, 0) is 0 Å². The summed E-state index contributed by atoms with van der Waals surface area (Å²) in [5.41, 5.74) is 3.09. The SMILES string of the molecule is COc1ccc(N(C/C(C)=C/c2ccccc2)C(=O)c2cccs2)cc1. The van der Waals surface area contributed by atoms with Crippen molar-refractivity contribution in [1.82, 2.24) is 0 Å². The molecule has 2 aromatic carbocycles. The number of anilines is 1. The Labute approximate surface area is 158 Å². The fraction of sp³-hybridized carbons (Fsp3) is 0.136. The molecule has 3 nitrogen and oxygen atoms in total. The van der Waals surface area contributed by atoms with Crippen LogP contribution in [0.4, 0.5) is 5.69 Å². The molecule has 0 unspecified atom stereocenters. The maximum atomic E-state index is 13.0. The van der Waals surface area contributed by atoms with Crippen molar-refractivity contribution in [3.63, 3.8) is 0 Å². The smallest absolute Gasteiger partial charge is 0.268 e. The highest BCUT2D eigenvalue weighted by molar-refractivity contribution is 7.12. The van der Waals surface area contributed by atoms with Gasteiger partial charge < -0.3 is 9.64 Å². The summed E-state index contributed by atoms with van der Waals surface area (Å²) in [6, 6.07) is 21.5. The summed E-state index contributed by atoms with van der Waals surface area (Å²) >= 11 is 1.46. The van der Waals surface area contributed by atoms with Gasteiger partial charge in [0.1, 0.15) is 5.75 Å². The number of rotatable bonds is 6. The van der Waals surface area contributed by atoms with Gasteiger partial charge >= 0.3 is 0 Å². The zero-order chi connectivity index (χ0) is 18.4. The van der Waals surface area contributed by atoms with Gasteiger partial charge in [-0.05, 0) is 48.2 Å². The van der Waals surface area contributed by atoms with E-state index in [1.165, 1.54) is 11.3 Å². The lowest BCUT2D eigenvalue weighted by atomic mass is 10.1. The van der Waals surface area contributed by atoms with Crippen molar-refractivity contribution < 1.29 is 9.53 Å². The van der Waals surface area contributed by atoms with Crippen LogP contribution in [0.2, 0.25) is 0 Å². The molecule has 1 aromatic heterocycles. The number of hydrogen-bond donors (Lipinski definition) is 0. The van der Waals surface area contributed by atoms with Crippen molar-refractivity contribution in [2.24, 2.45) is 0 Å². The summed E-state index contributed by atoms with van der Waals surface area (Å²) in [7, 11) is 1.64. The number of ether oxygens (including phenoxy) is 1. The first-order valence-corrected chi connectivity index (χ1v) is 9.27. The van der Waals surface area contributed by atoms with E-state index in [2.05, 4.69) is 18.2 Å². The van der Waals surface area contributed by atoms with Crippen molar-refractivity contribution in [2.45, 2.75) is 6.92 Å². The van der Waals surface area contributed by atoms with E-state index in [4.69, 9.17) is 4.74 Å². The highest BCUT2D eigenvalue weighted by atomic mass is 32.1. The van der Waals surface area contributed by atoms with Gasteiger partial charge in [-0.1, -0.05) is 48.0 Å². The molecular weight excluding hydrogens is 342 g/mol. The second-order valence-electron chi connectivity index (χ2n) is 5.97. The van der Waals surface area contributed by atoms with Crippen LogP contribution in [0.1, 0.15) is 22.2 Å². The second kappa shape index (κ2) is 8.50. The Morgan fingerprint density at radius 3 is 2.38 bits per heavy atom. The van der Waals surface area contributed by atoms with E-state index in [0.717, 1.165) is 27.5 Å². The third-order valence-electron chi connectivity index (χ3n) is 3.98. The zero-order valence-electron chi connectivity index (χ0n) is 14.9. The first-order valence-electron chi connectivity index (χ1n) is 8.39. The molecule has 0 saturated carbocycles. The van der Waals surface area contributed by atoms with Crippen LogP contribution in [0.5, 0.6) is 5.75 Å². The van der Waals surface area contributed by atoms with Crippen LogP contribution in [0.15, 0.2) is 77.7 Å². The minimum absolute atomic E-state index is 0.00554. The Morgan fingerprint density at radius 1 is 1.04 bits per heavy atom. The number of nitrogens with zero attached hydrogens (tertiary/aromatic N) is 1. The molecule has 0 atom stereocenters. The summed E-state index contributed by atoms with van der Waals surface area (Å²) in [6.07, 6.45) is 2.11. The number of amides is 1. The summed E-state index contributed by atoms with van der Waals surface area (Å²) in [4.78, 5) is 15.6. The molecular formula is C22H21NO2S. The minimum Gasteiger partial charge on any atom is -0.497 e. The standard InChI is InChI=1S/C22H21NO2S/c1-17(15-18-7-4-3-5-8-18)16-23(22(24)21-9-6-14-26-21)19-10-12-20(25-2)13-11-19/h3-15H,16H2,1-2H3/b17-15+. The molecule has 0 N–H and O–H groups in total. The van der Waals surface area contributed by atoms with Gasteiger partial charge in [-0.15, -0.1) is 11.3 Å². The fourth-order valence-corrected chi connectivity index (χ4v) is 3.38. The molecule has 1 heterocycles. The van der Waals surface area contributed by atoms with Gasteiger partial charge in [0, 0.05) is 12.2 Å². The molecule has 0 aliphatic carbocycles. The number of thiophene rings is 1. The third-order valence-corrected chi connectivity index (χ3v) is 4.84. The molecule has 0 aliphatic heterocycles. The highest BCUT2D eigenvalue weighted by Gasteiger charge is 2.19. The van der Waals surface area contributed by atoms with Crippen LogP contribution in [0.3, 0.4) is 0 Å². The monoisotopic (exact) mass is 363 g/mol. The summed E-state index contributed by atoms with van der Waals surface area (Å²) in [6.45, 7) is 2.57. The van der Waals surface area contributed by atoms with Crippen LogP contribution >= 0.6 is 11.3 Å². The van der Waals surface area contributed by atoms with E-state index in [1.54, 1.807) is 12.0 Å². The third kappa shape index (κ3) is 4.41. The lowest BCUT2D eigenvalue weighted by molar-refractivity contribution is 0.0993. The largest absolute Gasteiger partial charge is 0.497 e. The van der Waals surface area contributed by atoms with E-state index in [9.17, 15) is 4.79 Å². The lowest BCUT2D eigenvalue weighted by Gasteiger charge is -2.23. The number of carbonyl (C=O) groups is 1. The predicted molar refractivity (Wildman–Crippen MR) is 109 cm³/mol. The predicted octanol–water partition coefficient (Wildman–Crippen LogP) is 5.51. The molecule has 3 rings (SSSR count). The van der Waals surface area contributed by atoms with Gasteiger partial charge in [0.15, 0.2) is 0 Å². The van der Waals surface area contributed by atoms with Gasteiger partial charge in [-0.3, -0.25) is 4.79 Å². The Kier molecular flexibility index (Phi) is 5.87. The number of methoxy groups -OCH3 is 1. The average Bonchev–Trinajstić information content (AvgIpc) is 3.21. The molecule has 0 fully saturated rings. The second-order valence-corrected chi connectivity index (χ2v) is 6.92. The van der Waals surface area contributed by atoms with E-state index in [0.29, 0.717) is 6.54 Å². The Balaban J connectivity index is 1.89.